The number of hydrogen-bond acceptors (Lipinski definition) is 4. The minimum absolute atomic E-state index is 0.326. The predicted octanol–water partition coefficient (Wildman–Crippen LogP) is 4.62. The molecule has 0 amide bonds. The van der Waals surface area contributed by atoms with Gasteiger partial charge in [-0.25, -0.2) is 9.97 Å². The Morgan fingerprint density at radius 3 is 2.76 bits per heavy atom. The van der Waals surface area contributed by atoms with Crippen LogP contribution in [0.3, 0.4) is 0 Å². The van der Waals surface area contributed by atoms with Crippen LogP contribution in [-0.2, 0) is 12.8 Å². The van der Waals surface area contributed by atoms with E-state index in [2.05, 4.69) is 46.6 Å². The Labute approximate surface area is 130 Å². The van der Waals surface area contributed by atoms with Crippen molar-refractivity contribution in [1.29, 1.82) is 0 Å². The van der Waals surface area contributed by atoms with Crippen LogP contribution in [0.2, 0.25) is 0 Å². The number of hydrogen-bond donors (Lipinski definition) is 1. The van der Waals surface area contributed by atoms with E-state index in [9.17, 15) is 0 Å². The lowest BCUT2D eigenvalue weighted by molar-refractivity contribution is 0.551. The molecule has 2 heterocycles. The second kappa shape index (κ2) is 6.56. The first kappa shape index (κ1) is 14.5. The molecular weight excluding hydrogens is 278 g/mol. The number of aryl methyl sites for hydroxylation is 1. The molecule has 3 rings (SSSR count). The number of rotatable bonds is 4. The monoisotopic (exact) mass is 301 g/mol. The lowest BCUT2D eigenvalue weighted by Gasteiger charge is -2.23. The first-order valence-electron chi connectivity index (χ1n) is 7.88. The Bertz CT molecular complexity index is 578. The highest BCUT2D eigenvalue weighted by Gasteiger charge is 2.21. The molecule has 3 nitrogen and oxygen atoms in total. The average molecular weight is 301 g/mol. The zero-order valence-corrected chi connectivity index (χ0v) is 13.6. The highest BCUT2D eigenvalue weighted by atomic mass is 32.1. The Morgan fingerprint density at radius 1 is 1.14 bits per heavy atom. The maximum absolute atomic E-state index is 4.55. The summed E-state index contributed by atoms with van der Waals surface area (Å²) in [6.45, 7) is 4.52. The van der Waals surface area contributed by atoms with Gasteiger partial charge in [-0.3, -0.25) is 0 Å². The number of nitrogens with one attached hydrogen (secondary N) is 1. The molecular formula is C17H23N3S. The summed E-state index contributed by atoms with van der Waals surface area (Å²) >= 11 is 1.81. The smallest absolute Gasteiger partial charge is 0.133 e. The third kappa shape index (κ3) is 3.26. The molecule has 1 atom stereocenters. The van der Waals surface area contributed by atoms with Gasteiger partial charge < -0.3 is 5.32 Å². The van der Waals surface area contributed by atoms with Gasteiger partial charge in [0.05, 0.1) is 6.04 Å². The number of aromatic nitrogens is 2. The second-order valence-corrected chi connectivity index (χ2v) is 7.07. The van der Waals surface area contributed by atoms with Crippen LogP contribution >= 0.6 is 11.3 Å². The summed E-state index contributed by atoms with van der Waals surface area (Å²) in [5.74, 6) is 1.58. The second-order valence-electron chi connectivity index (χ2n) is 6.09. The summed E-state index contributed by atoms with van der Waals surface area (Å²) in [6.07, 6.45) is 7.72. The van der Waals surface area contributed by atoms with Gasteiger partial charge >= 0.3 is 0 Å². The fourth-order valence-electron chi connectivity index (χ4n) is 3.00. The molecule has 2 aromatic rings. The molecule has 0 radical (unpaired) electrons. The molecule has 1 N–H and O–H groups in total. The fraction of sp³-hybridized carbons (Fsp3) is 0.529. The summed E-state index contributed by atoms with van der Waals surface area (Å²) in [5, 5.41) is 5.84. The molecule has 0 saturated heterocycles. The molecule has 2 aromatic heterocycles. The fourth-order valence-corrected chi connectivity index (χ4v) is 3.95. The molecule has 21 heavy (non-hydrogen) atoms. The van der Waals surface area contributed by atoms with Crippen molar-refractivity contribution in [2.45, 2.75) is 52.0 Å². The zero-order valence-electron chi connectivity index (χ0n) is 12.8. The van der Waals surface area contributed by atoms with Gasteiger partial charge in [0, 0.05) is 16.1 Å². The molecule has 4 heteroatoms. The maximum Gasteiger partial charge on any atom is 0.133 e. The van der Waals surface area contributed by atoms with Gasteiger partial charge in [-0.05, 0) is 43.0 Å². The SMILES string of the molecule is CC(C)C(Nc1ncnc2c1CCCCC2)c1cccs1. The quantitative estimate of drug-likeness (QED) is 0.838. The molecule has 0 bridgehead atoms. The van der Waals surface area contributed by atoms with Gasteiger partial charge in [0.15, 0.2) is 0 Å². The van der Waals surface area contributed by atoms with E-state index < -0.39 is 0 Å². The normalized spacial score (nSPS) is 16.3. The van der Waals surface area contributed by atoms with Gasteiger partial charge in [-0.15, -0.1) is 11.3 Å². The van der Waals surface area contributed by atoms with Gasteiger partial charge in [0.2, 0.25) is 0 Å². The van der Waals surface area contributed by atoms with Crippen molar-refractivity contribution < 1.29 is 0 Å². The average Bonchev–Trinajstić information content (AvgIpc) is 2.88. The van der Waals surface area contributed by atoms with E-state index in [1.165, 1.54) is 35.4 Å². The van der Waals surface area contributed by atoms with Crippen molar-refractivity contribution in [2.24, 2.45) is 5.92 Å². The first-order valence-corrected chi connectivity index (χ1v) is 8.76. The van der Waals surface area contributed by atoms with Crippen molar-refractivity contribution >= 4 is 17.2 Å². The predicted molar refractivity (Wildman–Crippen MR) is 88.8 cm³/mol. The van der Waals surface area contributed by atoms with Crippen LogP contribution in [0.15, 0.2) is 23.8 Å². The van der Waals surface area contributed by atoms with Crippen LogP contribution in [0.4, 0.5) is 5.82 Å². The molecule has 1 unspecified atom stereocenters. The van der Waals surface area contributed by atoms with Crippen molar-refractivity contribution in [2.75, 3.05) is 5.32 Å². The van der Waals surface area contributed by atoms with Gasteiger partial charge in [-0.2, -0.15) is 0 Å². The standard InChI is InChI=1S/C17H23N3S/c1-12(2)16(15-9-6-10-21-15)20-17-13-7-4-3-5-8-14(13)18-11-19-17/h6,9-12,16H,3-5,7-8H2,1-2H3,(H,18,19,20). The zero-order chi connectivity index (χ0) is 14.7. The highest BCUT2D eigenvalue weighted by Crippen LogP contribution is 2.32. The summed E-state index contributed by atoms with van der Waals surface area (Å²) < 4.78 is 0. The van der Waals surface area contributed by atoms with Crippen LogP contribution in [0, 0.1) is 5.92 Å². The van der Waals surface area contributed by atoms with Crippen LogP contribution in [0.5, 0.6) is 0 Å². The molecule has 1 aliphatic carbocycles. The molecule has 0 saturated carbocycles. The van der Waals surface area contributed by atoms with Gasteiger partial charge in [0.25, 0.3) is 0 Å². The van der Waals surface area contributed by atoms with Crippen molar-refractivity contribution in [3.63, 3.8) is 0 Å². The summed E-state index contributed by atoms with van der Waals surface area (Å²) in [7, 11) is 0. The Balaban J connectivity index is 1.90. The van der Waals surface area contributed by atoms with E-state index in [0.717, 1.165) is 18.7 Å². The van der Waals surface area contributed by atoms with Crippen molar-refractivity contribution in [1.82, 2.24) is 9.97 Å². The Kier molecular flexibility index (Phi) is 4.54. The topological polar surface area (TPSA) is 37.8 Å². The van der Waals surface area contributed by atoms with E-state index in [4.69, 9.17) is 0 Å². The molecule has 1 aliphatic rings. The summed E-state index contributed by atoms with van der Waals surface area (Å²) in [5.41, 5.74) is 2.59. The molecule has 0 aliphatic heterocycles. The third-order valence-corrected chi connectivity index (χ3v) is 5.14. The minimum atomic E-state index is 0.326. The molecule has 0 fully saturated rings. The third-order valence-electron chi connectivity index (χ3n) is 4.18. The number of anilines is 1. The molecule has 112 valence electrons. The Morgan fingerprint density at radius 2 is 2.00 bits per heavy atom. The van der Waals surface area contributed by atoms with Gasteiger partial charge in [0.1, 0.15) is 12.1 Å². The number of thiophene rings is 1. The number of nitrogens with zero attached hydrogens (tertiary/aromatic N) is 2. The van der Waals surface area contributed by atoms with Crippen LogP contribution in [0.25, 0.3) is 0 Å². The van der Waals surface area contributed by atoms with Crippen LogP contribution in [0.1, 0.15) is 55.3 Å². The van der Waals surface area contributed by atoms with E-state index >= 15 is 0 Å². The maximum atomic E-state index is 4.55. The van der Waals surface area contributed by atoms with E-state index in [1.54, 1.807) is 6.33 Å². The Hall–Kier alpha value is -1.42. The molecule has 0 spiro atoms. The van der Waals surface area contributed by atoms with Crippen LogP contribution in [-0.4, -0.2) is 9.97 Å². The largest absolute Gasteiger partial charge is 0.362 e. The lowest BCUT2D eigenvalue weighted by Crippen LogP contribution is -2.18. The lowest BCUT2D eigenvalue weighted by atomic mass is 10.0. The van der Waals surface area contributed by atoms with Crippen molar-refractivity contribution in [3.8, 4) is 0 Å². The van der Waals surface area contributed by atoms with Crippen molar-refractivity contribution in [3.05, 3.63) is 40.0 Å². The van der Waals surface area contributed by atoms with E-state index in [-0.39, 0.29) is 0 Å². The summed E-state index contributed by atoms with van der Waals surface area (Å²) in [6, 6.07) is 4.66. The minimum Gasteiger partial charge on any atom is -0.362 e. The summed E-state index contributed by atoms with van der Waals surface area (Å²) in [4.78, 5) is 10.4. The van der Waals surface area contributed by atoms with Crippen LogP contribution < -0.4 is 5.32 Å². The highest BCUT2D eigenvalue weighted by molar-refractivity contribution is 7.10. The van der Waals surface area contributed by atoms with Gasteiger partial charge in [-0.1, -0.05) is 26.3 Å². The van der Waals surface area contributed by atoms with E-state index in [1.807, 2.05) is 11.3 Å². The first-order chi connectivity index (χ1) is 10.3. The molecule has 0 aromatic carbocycles. The number of fused-ring (bicyclic) bond motifs is 1. The van der Waals surface area contributed by atoms with E-state index in [0.29, 0.717) is 12.0 Å².